The summed E-state index contributed by atoms with van der Waals surface area (Å²) in [4.78, 5) is 23.1. The summed E-state index contributed by atoms with van der Waals surface area (Å²) >= 11 is 0. The van der Waals surface area contributed by atoms with Crippen molar-refractivity contribution in [2.45, 2.75) is 33.2 Å². The molecular weight excluding hydrogens is 256 g/mol. The number of nitrogens with one attached hydrogen (secondary N) is 2. The molecule has 110 valence electrons. The van der Waals surface area contributed by atoms with Gasteiger partial charge in [-0.05, 0) is 39.3 Å². The average Bonchev–Trinajstić information content (AvgIpc) is 2.33. The third-order valence-corrected chi connectivity index (χ3v) is 2.41. The average molecular weight is 278 g/mol. The summed E-state index contributed by atoms with van der Waals surface area (Å²) in [5.41, 5.74) is 0.658. The third-order valence-electron chi connectivity index (χ3n) is 2.41. The zero-order chi connectivity index (χ0) is 15.2. The van der Waals surface area contributed by atoms with Gasteiger partial charge in [0, 0.05) is 5.54 Å². The second-order valence-electron chi connectivity index (χ2n) is 5.63. The Hall–Kier alpha value is -2.04. The largest absolute Gasteiger partial charge is 0.484 e. The minimum Gasteiger partial charge on any atom is -0.484 e. The molecule has 5 heteroatoms. The van der Waals surface area contributed by atoms with Crippen LogP contribution in [0, 0.1) is 6.92 Å². The molecule has 2 N–H and O–H groups in total. The van der Waals surface area contributed by atoms with Crippen LogP contribution in [-0.4, -0.2) is 30.5 Å². The molecule has 0 saturated carbocycles. The molecule has 0 aliphatic rings. The number of ether oxygens (including phenoxy) is 1. The molecule has 1 rings (SSSR count). The highest BCUT2D eigenvalue weighted by Crippen LogP contribution is 2.15. The minimum atomic E-state index is -0.322. The Morgan fingerprint density at radius 1 is 1.15 bits per heavy atom. The van der Waals surface area contributed by atoms with Gasteiger partial charge in [-0.2, -0.15) is 0 Å². The van der Waals surface area contributed by atoms with Crippen molar-refractivity contribution in [3.05, 3.63) is 29.8 Å². The number of amides is 2. The van der Waals surface area contributed by atoms with E-state index in [4.69, 9.17) is 4.74 Å². The summed E-state index contributed by atoms with van der Waals surface area (Å²) in [6.45, 7) is 7.40. The molecule has 0 bridgehead atoms. The lowest BCUT2D eigenvalue weighted by Crippen LogP contribution is -2.46. The first kappa shape index (κ1) is 16.0. The van der Waals surface area contributed by atoms with Gasteiger partial charge in [0.2, 0.25) is 5.91 Å². The molecule has 0 heterocycles. The van der Waals surface area contributed by atoms with Crippen molar-refractivity contribution < 1.29 is 14.3 Å². The highest BCUT2D eigenvalue weighted by atomic mass is 16.5. The molecule has 0 saturated heterocycles. The van der Waals surface area contributed by atoms with E-state index in [1.165, 1.54) is 0 Å². The maximum atomic E-state index is 11.6. The molecule has 0 aliphatic carbocycles. The number of para-hydroxylation sites is 1. The van der Waals surface area contributed by atoms with E-state index < -0.39 is 0 Å². The van der Waals surface area contributed by atoms with Gasteiger partial charge in [0.25, 0.3) is 5.91 Å². The van der Waals surface area contributed by atoms with Gasteiger partial charge in [0.05, 0.1) is 6.54 Å². The summed E-state index contributed by atoms with van der Waals surface area (Å²) in [6.07, 6.45) is 0. The molecule has 0 aromatic heterocycles. The van der Waals surface area contributed by atoms with Crippen molar-refractivity contribution in [2.75, 3.05) is 13.2 Å². The van der Waals surface area contributed by atoms with Crippen LogP contribution < -0.4 is 15.4 Å². The van der Waals surface area contributed by atoms with E-state index in [2.05, 4.69) is 10.6 Å². The summed E-state index contributed by atoms with van der Waals surface area (Å²) in [7, 11) is 0. The number of aryl methyl sites for hydroxylation is 1. The topological polar surface area (TPSA) is 67.4 Å². The van der Waals surface area contributed by atoms with Crippen molar-refractivity contribution in [2.24, 2.45) is 0 Å². The van der Waals surface area contributed by atoms with Crippen molar-refractivity contribution >= 4 is 11.8 Å². The van der Waals surface area contributed by atoms with Crippen LogP contribution >= 0.6 is 0 Å². The maximum Gasteiger partial charge on any atom is 0.258 e. The van der Waals surface area contributed by atoms with E-state index in [0.29, 0.717) is 5.75 Å². The van der Waals surface area contributed by atoms with Crippen molar-refractivity contribution in [1.82, 2.24) is 10.6 Å². The minimum absolute atomic E-state index is 0.0484. The Labute approximate surface area is 119 Å². The van der Waals surface area contributed by atoms with Gasteiger partial charge in [-0.3, -0.25) is 9.59 Å². The number of hydrogen-bond acceptors (Lipinski definition) is 3. The lowest BCUT2D eigenvalue weighted by molar-refractivity contribution is -0.127. The van der Waals surface area contributed by atoms with Crippen LogP contribution in [0.1, 0.15) is 26.3 Å². The zero-order valence-corrected chi connectivity index (χ0v) is 12.4. The predicted molar refractivity (Wildman–Crippen MR) is 77.6 cm³/mol. The fraction of sp³-hybridized carbons (Fsp3) is 0.467. The second-order valence-corrected chi connectivity index (χ2v) is 5.63. The van der Waals surface area contributed by atoms with Crippen molar-refractivity contribution in [1.29, 1.82) is 0 Å². The Kier molecular flexibility index (Phi) is 5.55. The fourth-order valence-corrected chi connectivity index (χ4v) is 1.55. The summed E-state index contributed by atoms with van der Waals surface area (Å²) < 4.78 is 5.39. The lowest BCUT2D eigenvalue weighted by Gasteiger charge is -2.20. The van der Waals surface area contributed by atoms with Crippen molar-refractivity contribution in [3.63, 3.8) is 0 Å². The van der Waals surface area contributed by atoms with Crippen LogP contribution in [0.2, 0.25) is 0 Å². The Balaban J connectivity index is 2.31. The normalized spacial score (nSPS) is 10.8. The smallest absolute Gasteiger partial charge is 0.258 e. The standard InChI is InChI=1S/C15H22N2O3/c1-11-7-5-6-8-12(11)20-10-14(19)16-9-13(18)17-15(2,3)4/h5-8H,9-10H2,1-4H3,(H,16,19)(H,17,18). The fourth-order valence-electron chi connectivity index (χ4n) is 1.55. The lowest BCUT2D eigenvalue weighted by atomic mass is 10.1. The van der Waals surface area contributed by atoms with E-state index in [0.717, 1.165) is 5.56 Å². The summed E-state index contributed by atoms with van der Waals surface area (Å²) in [6, 6.07) is 7.45. The number of benzene rings is 1. The van der Waals surface area contributed by atoms with E-state index in [1.807, 2.05) is 45.9 Å². The molecule has 0 aliphatic heterocycles. The Morgan fingerprint density at radius 3 is 2.40 bits per heavy atom. The molecule has 2 amide bonds. The van der Waals surface area contributed by atoms with E-state index in [9.17, 15) is 9.59 Å². The SMILES string of the molecule is Cc1ccccc1OCC(=O)NCC(=O)NC(C)(C)C. The molecule has 20 heavy (non-hydrogen) atoms. The van der Waals surface area contributed by atoms with Crippen LogP contribution in [0.3, 0.4) is 0 Å². The molecule has 0 fully saturated rings. The van der Waals surface area contributed by atoms with Gasteiger partial charge < -0.3 is 15.4 Å². The molecule has 5 nitrogen and oxygen atoms in total. The van der Waals surface area contributed by atoms with E-state index in [1.54, 1.807) is 6.07 Å². The van der Waals surface area contributed by atoms with Crippen LogP contribution in [0.25, 0.3) is 0 Å². The molecule has 1 aromatic rings. The molecule has 0 unspecified atom stereocenters. The van der Waals surface area contributed by atoms with Gasteiger partial charge in [-0.1, -0.05) is 18.2 Å². The number of rotatable bonds is 5. The van der Waals surface area contributed by atoms with E-state index >= 15 is 0 Å². The Bertz CT molecular complexity index is 478. The third kappa shape index (κ3) is 6.22. The molecule has 0 radical (unpaired) electrons. The highest BCUT2D eigenvalue weighted by Gasteiger charge is 2.14. The van der Waals surface area contributed by atoms with Gasteiger partial charge in [0.15, 0.2) is 6.61 Å². The van der Waals surface area contributed by atoms with Crippen LogP contribution in [0.15, 0.2) is 24.3 Å². The van der Waals surface area contributed by atoms with Crippen LogP contribution in [-0.2, 0) is 9.59 Å². The second kappa shape index (κ2) is 6.93. The summed E-state index contributed by atoms with van der Waals surface area (Å²) in [5.74, 6) is 0.126. The quantitative estimate of drug-likeness (QED) is 0.855. The van der Waals surface area contributed by atoms with Crippen molar-refractivity contribution in [3.8, 4) is 5.75 Å². The first-order valence-corrected chi connectivity index (χ1v) is 6.54. The molecule has 1 aromatic carbocycles. The number of carbonyl (C=O) groups excluding carboxylic acids is 2. The first-order valence-electron chi connectivity index (χ1n) is 6.54. The highest BCUT2D eigenvalue weighted by molar-refractivity contribution is 5.85. The molecular formula is C15H22N2O3. The van der Waals surface area contributed by atoms with Crippen LogP contribution in [0.5, 0.6) is 5.75 Å². The monoisotopic (exact) mass is 278 g/mol. The van der Waals surface area contributed by atoms with E-state index in [-0.39, 0.29) is 30.5 Å². The molecule has 0 atom stereocenters. The maximum absolute atomic E-state index is 11.6. The van der Waals surface area contributed by atoms with Gasteiger partial charge in [-0.25, -0.2) is 0 Å². The zero-order valence-electron chi connectivity index (χ0n) is 12.4. The van der Waals surface area contributed by atoms with Crippen LogP contribution in [0.4, 0.5) is 0 Å². The summed E-state index contributed by atoms with van der Waals surface area (Å²) in [5, 5.41) is 5.28. The number of carbonyl (C=O) groups is 2. The first-order chi connectivity index (χ1) is 9.28. The predicted octanol–water partition coefficient (Wildman–Crippen LogP) is 1.40. The van der Waals surface area contributed by atoms with Gasteiger partial charge in [-0.15, -0.1) is 0 Å². The van der Waals surface area contributed by atoms with Gasteiger partial charge >= 0.3 is 0 Å². The number of hydrogen-bond donors (Lipinski definition) is 2. The molecule has 0 spiro atoms. The van der Waals surface area contributed by atoms with Gasteiger partial charge in [0.1, 0.15) is 5.75 Å². The Morgan fingerprint density at radius 2 is 1.80 bits per heavy atom.